The standard InChI is InChI=1S/C26H24Cl2N2O3S/c1-18-10-11-20-8-5-9-24(26(20)30-18)33-17-23-21(14-27)12-13-25(22(23)15-28)34(31,32)29-16-19-6-3-2-4-7-19/h2-13,29H,14-17H2,1H3. The van der Waals surface area contributed by atoms with Crippen molar-refractivity contribution in [2.75, 3.05) is 0 Å². The summed E-state index contributed by atoms with van der Waals surface area (Å²) in [6, 6.07) is 22.2. The van der Waals surface area contributed by atoms with Gasteiger partial charge in [-0.1, -0.05) is 54.6 Å². The lowest BCUT2D eigenvalue weighted by Gasteiger charge is -2.18. The van der Waals surface area contributed by atoms with Crippen LogP contribution >= 0.6 is 23.2 Å². The average Bonchev–Trinajstić information content (AvgIpc) is 2.86. The second-order valence-electron chi connectivity index (χ2n) is 7.83. The summed E-state index contributed by atoms with van der Waals surface area (Å²) < 4.78 is 35.2. The molecule has 0 spiro atoms. The Morgan fingerprint density at radius 2 is 1.68 bits per heavy atom. The van der Waals surface area contributed by atoms with Crippen LogP contribution in [0.25, 0.3) is 10.9 Å². The summed E-state index contributed by atoms with van der Waals surface area (Å²) in [5.41, 5.74) is 4.39. The summed E-state index contributed by atoms with van der Waals surface area (Å²) >= 11 is 12.5. The second-order valence-corrected chi connectivity index (χ2v) is 10.1. The molecule has 0 amide bonds. The van der Waals surface area contributed by atoms with E-state index in [9.17, 15) is 8.42 Å². The number of rotatable bonds is 9. The van der Waals surface area contributed by atoms with Crippen molar-refractivity contribution in [3.63, 3.8) is 0 Å². The van der Waals surface area contributed by atoms with E-state index in [2.05, 4.69) is 9.71 Å². The van der Waals surface area contributed by atoms with Gasteiger partial charge >= 0.3 is 0 Å². The van der Waals surface area contributed by atoms with Crippen LogP contribution in [0.3, 0.4) is 0 Å². The van der Waals surface area contributed by atoms with Crippen molar-refractivity contribution in [1.82, 2.24) is 9.71 Å². The van der Waals surface area contributed by atoms with Gasteiger partial charge in [0, 0.05) is 29.4 Å². The van der Waals surface area contributed by atoms with Gasteiger partial charge in [0.1, 0.15) is 17.9 Å². The third kappa shape index (κ3) is 5.36. The molecule has 0 aliphatic rings. The van der Waals surface area contributed by atoms with E-state index in [1.807, 2.05) is 67.6 Å². The van der Waals surface area contributed by atoms with Crippen molar-refractivity contribution in [1.29, 1.82) is 0 Å². The predicted octanol–water partition coefficient (Wildman–Crippen LogP) is 6.08. The Bertz CT molecular complexity index is 1410. The van der Waals surface area contributed by atoms with E-state index < -0.39 is 10.0 Å². The summed E-state index contributed by atoms with van der Waals surface area (Å²) in [4.78, 5) is 4.72. The summed E-state index contributed by atoms with van der Waals surface area (Å²) in [5.74, 6) is 0.809. The molecule has 34 heavy (non-hydrogen) atoms. The summed E-state index contributed by atoms with van der Waals surface area (Å²) in [7, 11) is -3.82. The lowest BCUT2D eigenvalue weighted by molar-refractivity contribution is 0.307. The van der Waals surface area contributed by atoms with Crippen LogP contribution in [0.15, 0.2) is 77.7 Å². The highest BCUT2D eigenvalue weighted by Crippen LogP contribution is 2.30. The molecule has 1 aromatic heterocycles. The molecule has 0 saturated carbocycles. The van der Waals surface area contributed by atoms with Crippen molar-refractivity contribution in [2.24, 2.45) is 0 Å². The van der Waals surface area contributed by atoms with Crippen molar-refractivity contribution >= 4 is 44.1 Å². The Kier molecular flexibility index (Phi) is 7.73. The number of halogens is 2. The largest absolute Gasteiger partial charge is 0.487 e. The molecule has 0 aliphatic carbocycles. The monoisotopic (exact) mass is 514 g/mol. The number of ether oxygens (including phenoxy) is 1. The van der Waals surface area contributed by atoms with Crippen LogP contribution in [-0.2, 0) is 34.9 Å². The molecule has 8 heteroatoms. The molecule has 4 rings (SSSR count). The van der Waals surface area contributed by atoms with Gasteiger partial charge in [0.2, 0.25) is 10.0 Å². The van der Waals surface area contributed by atoms with Crippen LogP contribution in [-0.4, -0.2) is 13.4 Å². The third-order valence-corrected chi connectivity index (χ3v) is 7.60. The zero-order chi connectivity index (χ0) is 24.1. The minimum Gasteiger partial charge on any atom is -0.487 e. The number of pyridine rings is 1. The van der Waals surface area contributed by atoms with E-state index in [1.165, 1.54) is 0 Å². The van der Waals surface area contributed by atoms with E-state index in [-0.39, 0.29) is 29.8 Å². The number of para-hydroxylation sites is 1. The normalized spacial score (nSPS) is 11.6. The molecule has 5 nitrogen and oxygen atoms in total. The molecule has 176 valence electrons. The quantitative estimate of drug-likeness (QED) is 0.275. The highest BCUT2D eigenvalue weighted by atomic mass is 35.5. The molecule has 0 unspecified atom stereocenters. The molecule has 4 aromatic rings. The maximum Gasteiger partial charge on any atom is 0.241 e. The second kappa shape index (κ2) is 10.7. The first kappa shape index (κ1) is 24.5. The summed E-state index contributed by atoms with van der Waals surface area (Å²) in [5, 5.41) is 0.958. The molecule has 0 aliphatic heterocycles. The number of nitrogens with one attached hydrogen (secondary N) is 1. The van der Waals surface area contributed by atoms with Gasteiger partial charge in [0.05, 0.1) is 4.90 Å². The Balaban J connectivity index is 1.66. The van der Waals surface area contributed by atoms with Crippen molar-refractivity contribution in [3.05, 3.63) is 101 Å². The Hall–Kier alpha value is -2.64. The molecule has 0 saturated heterocycles. The maximum atomic E-state index is 13.2. The van der Waals surface area contributed by atoms with E-state index >= 15 is 0 Å². The summed E-state index contributed by atoms with van der Waals surface area (Å²) in [6.45, 7) is 2.21. The number of aromatic nitrogens is 1. The fraction of sp³-hybridized carbons (Fsp3) is 0.192. The molecule has 0 bridgehead atoms. The minimum atomic E-state index is -3.82. The van der Waals surface area contributed by atoms with Crippen molar-refractivity contribution < 1.29 is 13.2 Å². The van der Waals surface area contributed by atoms with Gasteiger partial charge < -0.3 is 4.74 Å². The van der Waals surface area contributed by atoms with Crippen molar-refractivity contribution in [2.45, 2.75) is 36.7 Å². The van der Waals surface area contributed by atoms with Crippen LogP contribution in [0.4, 0.5) is 0 Å². The number of nitrogens with zero attached hydrogens (tertiary/aromatic N) is 1. The smallest absolute Gasteiger partial charge is 0.241 e. The topological polar surface area (TPSA) is 68.3 Å². The van der Waals surface area contributed by atoms with Crippen LogP contribution in [0.2, 0.25) is 0 Å². The first-order chi connectivity index (χ1) is 16.4. The van der Waals surface area contributed by atoms with Gasteiger partial charge in [0.15, 0.2) is 0 Å². The molecule has 0 fully saturated rings. The summed E-state index contributed by atoms with van der Waals surface area (Å²) in [6.07, 6.45) is 0. The minimum absolute atomic E-state index is 0.00209. The fourth-order valence-corrected chi connectivity index (χ4v) is 5.67. The van der Waals surface area contributed by atoms with Crippen molar-refractivity contribution in [3.8, 4) is 5.75 Å². The van der Waals surface area contributed by atoms with E-state index in [4.69, 9.17) is 27.9 Å². The van der Waals surface area contributed by atoms with Crippen LogP contribution in [0.1, 0.15) is 27.9 Å². The molecule has 0 atom stereocenters. The molecular weight excluding hydrogens is 491 g/mol. The molecule has 3 aromatic carbocycles. The number of alkyl halides is 2. The third-order valence-electron chi connectivity index (χ3n) is 5.56. The number of hydrogen-bond acceptors (Lipinski definition) is 4. The van der Waals surface area contributed by atoms with E-state index in [1.54, 1.807) is 12.1 Å². The SMILES string of the molecule is Cc1ccc2cccc(OCc3c(CCl)ccc(S(=O)(=O)NCc4ccccc4)c3CCl)c2n1. The number of benzene rings is 3. The van der Waals surface area contributed by atoms with Crippen LogP contribution in [0, 0.1) is 6.92 Å². The highest BCUT2D eigenvalue weighted by Gasteiger charge is 2.23. The van der Waals surface area contributed by atoms with Gasteiger partial charge in [-0.3, -0.25) is 0 Å². The predicted molar refractivity (Wildman–Crippen MR) is 137 cm³/mol. The van der Waals surface area contributed by atoms with Gasteiger partial charge in [0.25, 0.3) is 0 Å². The number of aryl methyl sites for hydroxylation is 1. The van der Waals surface area contributed by atoms with Gasteiger partial charge in [-0.2, -0.15) is 0 Å². The Morgan fingerprint density at radius 1 is 0.882 bits per heavy atom. The van der Waals surface area contributed by atoms with E-state index in [0.29, 0.717) is 16.9 Å². The maximum absolute atomic E-state index is 13.2. The zero-order valence-electron chi connectivity index (χ0n) is 18.6. The zero-order valence-corrected chi connectivity index (χ0v) is 20.9. The molecular formula is C26H24Cl2N2O3S. The van der Waals surface area contributed by atoms with Gasteiger partial charge in [-0.15, -0.1) is 23.2 Å². The first-order valence-corrected chi connectivity index (χ1v) is 13.3. The first-order valence-electron chi connectivity index (χ1n) is 10.7. The van der Waals surface area contributed by atoms with Gasteiger partial charge in [-0.05, 0) is 47.4 Å². The molecule has 1 N–H and O–H groups in total. The van der Waals surface area contributed by atoms with E-state index in [0.717, 1.165) is 27.7 Å². The van der Waals surface area contributed by atoms with Crippen LogP contribution < -0.4 is 9.46 Å². The molecule has 1 heterocycles. The number of sulfonamides is 1. The highest BCUT2D eigenvalue weighted by molar-refractivity contribution is 7.89. The lowest BCUT2D eigenvalue weighted by atomic mass is 10.0. The average molecular weight is 515 g/mol. The number of hydrogen-bond donors (Lipinski definition) is 1. The molecule has 0 radical (unpaired) electrons. The Labute approximate surface area is 209 Å². The number of fused-ring (bicyclic) bond motifs is 1. The van der Waals surface area contributed by atoms with Gasteiger partial charge in [-0.25, -0.2) is 18.1 Å². The Morgan fingerprint density at radius 3 is 2.41 bits per heavy atom. The fourth-order valence-electron chi connectivity index (χ4n) is 3.76. The lowest BCUT2D eigenvalue weighted by Crippen LogP contribution is -2.25. The van der Waals surface area contributed by atoms with Crippen LogP contribution in [0.5, 0.6) is 5.75 Å².